The van der Waals surface area contributed by atoms with Crippen LogP contribution in [0.15, 0.2) is 18.3 Å². The molecule has 22 heavy (non-hydrogen) atoms. The number of nitrogens with one attached hydrogen (secondary N) is 1. The van der Waals surface area contributed by atoms with Gasteiger partial charge in [0, 0.05) is 38.4 Å². The predicted octanol–water partition coefficient (Wildman–Crippen LogP) is 2.09. The molecule has 1 fully saturated rings. The van der Waals surface area contributed by atoms with E-state index in [0.29, 0.717) is 17.5 Å². The first kappa shape index (κ1) is 17.0. The molecule has 1 atom stereocenters. The zero-order valence-electron chi connectivity index (χ0n) is 13.0. The topological polar surface area (TPSA) is 65.5 Å². The number of carbonyl (C=O) groups is 1. The molecule has 122 valence electrons. The van der Waals surface area contributed by atoms with E-state index in [2.05, 4.69) is 15.2 Å². The zero-order valence-corrected chi connectivity index (χ0v) is 13.7. The second-order valence-electron chi connectivity index (χ2n) is 5.96. The van der Waals surface area contributed by atoms with Gasteiger partial charge in [0.1, 0.15) is 5.82 Å². The fourth-order valence-corrected chi connectivity index (χ4v) is 2.78. The molecule has 5 nitrogen and oxygen atoms in total. The Morgan fingerprint density at radius 1 is 1.50 bits per heavy atom. The molecule has 0 aromatic carbocycles. The normalized spacial score (nSPS) is 17.3. The maximum Gasteiger partial charge on any atom is 0.223 e. The number of aromatic nitrogens is 1. The van der Waals surface area contributed by atoms with Gasteiger partial charge in [-0.15, -0.1) is 0 Å². The molecule has 2 rings (SSSR count). The number of amides is 1. The van der Waals surface area contributed by atoms with E-state index in [-0.39, 0.29) is 18.4 Å². The van der Waals surface area contributed by atoms with Crippen molar-refractivity contribution in [3.63, 3.8) is 0 Å². The Morgan fingerprint density at radius 2 is 2.23 bits per heavy atom. The summed E-state index contributed by atoms with van der Waals surface area (Å²) in [5, 5.41) is 12.5. The van der Waals surface area contributed by atoms with Gasteiger partial charge >= 0.3 is 0 Å². The number of hydrogen-bond donors (Lipinski definition) is 2. The summed E-state index contributed by atoms with van der Waals surface area (Å²) in [4.78, 5) is 18.7. The fourth-order valence-electron chi connectivity index (χ4n) is 2.67. The standard InChI is InChI=1S/C16H24ClN3O2/c1-12(6-9-21)10-19-16(22)13-4-7-20(8-5-13)15-3-2-14(17)11-18-15/h2-3,11-13,21H,4-10H2,1H3,(H,19,22). The van der Waals surface area contributed by atoms with E-state index in [1.165, 1.54) is 0 Å². The minimum absolute atomic E-state index is 0.0740. The van der Waals surface area contributed by atoms with Gasteiger partial charge in [0.2, 0.25) is 5.91 Å². The lowest BCUT2D eigenvalue weighted by atomic mass is 9.95. The summed E-state index contributed by atoms with van der Waals surface area (Å²) >= 11 is 5.85. The first-order valence-corrected chi connectivity index (χ1v) is 8.23. The van der Waals surface area contributed by atoms with Crippen LogP contribution in [0.5, 0.6) is 0 Å². The first-order valence-electron chi connectivity index (χ1n) is 7.85. The quantitative estimate of drug-likeness (QED) is 0.840. The Balaban J connectivity index is 1.76. The van der Waals surface area contributed by atoms with Crippen molar-refractivity contribution in [2.45, 2.75) is 26.2 Å². The number of nitrogens with zero attached hydrogens (tertiary/aromatic N) is 2. The van der Waals surface area contributed by atoms with Crippen LogP contribution in [0.1, 0.15) is 26.2 Å². The second-order valence-corrected chi connectivity index (χ2v) is 6.39. The minimum Gasteiger partial charge on any atom is -0.396 e. The van der Waals surface area contributed by atoms with Gasteiger partial charge in [-0.25, -0.2) is 4.98 Å². The van der Waals surface area contributed by atoms with Crippen molar-refractivity contribution in [3.05, 3.63) is 23.4 Å². The van der Waals surface area contributed by atoms with Gasteiger partial charge in [0.05, 0.1) is 5.02 Å². The second kappa shape index (κ2) is 8.34. The van der Waals surface area contributed by atoms with Crippen LogP contribution < -0.4 is 10.2 Å². The van der Waals surface area contributed by atoms with E-state index in [9.17, 15) is 4.79 Å². The number of aliphatic hydroxyl groups is 1. The van der Waals surface area contributed by atoms with Crippen LogP contribution in [0.4, 0.5) is 5.82 Å². The van der Waals surface area contributed by atoms with E-state index in [1.54, 1.807) is 6.20 Å². The molecule has 0 aliphatic carbocycles. The molecular formula is C16H24ClN3O2. The molecule has 2 heterocycles. The third-order valence-corrected chi connectivity index (χ3v) is 4.37. The lowest BCUT2D eigenvalue weighted by Gasteiger charge is -2.32. The summed E-state index contributed by atoms with van der Waals surface area (Å²) < 4.78 is 0. The summed E-state index contributed by atoms with van der Waals surface area (Å²) in [6.45, 7) is 4.50. The number of rotatable bonds is 6. The van der Waals surface area contributed by atoms with Crippen molar-refractivity contribution < 1.29 is 9.90 Å². The van der Waals surface area contributed by atoms with Crippen LogP contribution in [-0.2, 0) is 4.79 Å². The predicted molar refractivity (Wildman–Crippen MR) is 88.1 cm³/mol. The Morgan fingerprint density at radius 3 is 2.82 bits per heavy atom. The summed E-state index contributed by atoms with van der Waals surface area (Å²) in [5.74, 6) is 1.44. The van der Waals surface area contributed by atoms with Gasteiger partial charge in [-0.1, -0.05) is 18.5 Å². The van der Waals surface area contributed by atoms with Crippen LogP contribution in [0.3, 0.4) is 0 Å². The molecule has 0 saturated carbocycles. The molecule has 1 amide bonds. The molecule has 1 unspecified atom stereocenters. The summed E-state index contributed by atoms with van der Waals surface area (Å²) in [5.41, 5.74) is 0. The van der Waals surface area contributed by atoms with E-state index in [1.807, 2.05) is 19.1 Å². The average molecular weight is 326 g/mol. The molecule has 1 aromatic rings. The maximum absolute atomic E-state index is 12.2. The number of aliphatic hydroxyl groups excluding tert-OH is 1. The summed E-state index contributed by atoms with van der Waals surface area (Å²) in [6, 6.07) is 3.75. The van der Waals surface area contributed by atoms with Crippen LogP contribution in [-0.4, -0.2) is 42.2 Å². The molecule has 2 N–H and O–H groups in total. The highest BCUT2D eigenvalue weighted by molar-refractivity contribution is 6.30. The molecule has 0 radical (unpaired) electrons. The molecule has 6 heteroatoms. The lowest BCUT2D eigenvalue weighted by Crippen LogP contribution is -2.41. The largest absolute Gasteiger partial charge is 0.396 e. The molecule has 1 saturated heterocycles. The first-order chi connectivity index (χ1) is 10.6. The van der Waals surface area contributed by atoms with Crippen molar-refractivity contribution in [2.24, 2.45) is 11.8 Å². The van der Waals surface area contributed by atoms with Gasteiger partial charge < -0.3 is 15.3 Å². The third-order valence-electron chi connectivity index (χ3n) is 4.15. The van der Waals surface area contributed by atoms with E-state index >= 15 is 0 Å². The van der Waals surface area contributed by atoms with Crippen LogP contribution >= 0.6 is 11.6 Å². The van der Waals surface area contributed by atoms with Gasteiger partial charge in [0.25, 0.3) is 0 Å². The number of hydrogen-bond acceptors (Lipinski definition) is 4. The summed E-state index contributed by atoms with van der Waals surface area (Å²) in [7, 11) is 0. The lowest BCUT2D eigenvalue weighted by molar-refractivity contribution is -0.125. The van der Waals surface area contributed by atoms with Crippen molar-refractivity contribution in [1.82, 2.24) is 10.3 Å². The van der Waals surface area contributed by atoms with Gasteiger partial charge in [0.15, 0.2) is 0 Å². The van der Waals surface area contributed by atoms with Crippen molar-refractivity contribution >= 4 is 23.3 Å². The van der Waals surface area contributed by atoms with E-state index < -0.39 is 0 Å². The zero-order chi connectivity index (χ0) is 15.9. The van der Waals surface area contributed by atoms with Crippen LogP contribution in [0.2, 0.25) is 5.02 Å². The highest BCUT2D eigenvalue weighted by Gasteiger charge is 2.25. The van der Waals surface area contributed by atoms with E-state index in [4.69, 9.17) is 16.7 Å². The Labute approximate surface area is 136 Å². The number of anilines is 1. The van der Waals surface area contributed by atoms with Crippen LogP contribution in [0, 0.1) is 11.8 Å². The Kier molecular flexibility index (Phi) is 6.46. The van der Waals surface area contributed by atoms with Crippen LogP contribution in [0.25, 0.3) is 0 Å². The maximum atomic E-state index is 12.2. The Bertz CT molecular complexity index is 473. The molecule has 0 bridgehead atoms. The summed E-state index contributed by atoms with van der Waals surface area (Å²) in [6.07, 6.45) is 4.05. The molecule has 0 spiro atoms. The number of carbonyl (C=O) groups excluding carboxylic acids is 1. The van der Waals surface area contributed by atoms with Gasteiger partial charge in [-0.2, -0.15) is 0 Å². The Hall–Kier alpha value is -1.33. The SMILES string of the molecule is CC(CCO)CNC(=O)C1CCN(c2ccc(Cl)cn2)CC1. The van der Waals surface area contributed by atoms with Crippen molar-refractivity contribution in [1.29, 1.82) is 0 Å². The smallest absolute Gasteiger partial charge is 0.223 e. The van der Waals surface area contributed by atoms with Gasteiger partial charge in [-0.3, -0.25) is 4.79 Å². The third kappa shape index (κ3) is 4.85. The minimum atomic E-state index is 0.0740. The molecule has 1 aromatic heterocycles. The average Bonchev–Trinajstić information content (AvgIpc) is 2.54. The van der Waals surface area contributed by atoms with Gasteiger partial charge in [-0.05, 0) is 37.3 Å². The highest BCUT2D eigenvalue weighted by Crippen LogP contribution is 2.22. The number of pyridine rings is 1. The monoisotopic (exact) mass is 325 g/mol. The van der Waals surface area contributed by atoms with Crippen molar-refractivity contribution in [3.8, 4) is 0 Å². The molecular weight excluding hydrogens is 302 g/mol. The molecule has 1 aliphatic rings. The van der Waals surface area contributed by atoms with Crippen molar-refractivity contribution in [2.75, 3.05) is 31.1 Å². The number of halogens is 1. The highest BCUT2D eigenvalue weighted by atomic mass is 35.5. The fraction of sp³-hybridized carbons (Fsp3) is 0.625. The molecule has 1 aliphatic heterocycles. The van der Waals surface area contributed by atoms with E-state index in [0.717, 1.165) is 38.2 Å². The number of piperidine rings is 1.